The van der Waals surface area contributed by atoms with Crippen LogP contribution in [0.4, 0.5) is 0 Å². The molecule has 16 heavy (non-hydrogen) atoms. The third kappa shape index (κ3) is 2.40. The van der Waals surface area contributed by atoms with E-state index < -0.39 is 5.97 Å². The Bertz CT molecular complexity index is 507. The minimum atomic E-state index is -0.928. The molecule has 84 valence electrons. The molecule has 2 heterocycles. The molecule has 0 saturated carbocycles. The molecule has 1 N–H and O–H groups in total. The summed E-state index contributed by atoms with van der Waals surface area (Å²) >= 11 is 0.976. The molecule has 0 aliphatic carbocycles. The second-order valence-corrected chi connectivity index (χ2v) is 3.87. The minimum Gasteiger partial charge on any atom is -0.481 e. The van der Waals surface area contributed by atoms with E-state index in [1.165, 1.54) is 0 Å². The van der Waals surface area contributed by atoms with E-state index in [0.717, 1.165) is 11.8 Å². The predicted molar refractivity (Wildman–Crippen MR) is 54.9 cm³/mol. The lowest BCUT2D eigenvalue weighted by Crippen LogP contribution is -1.97. The van der Waals surface area contributed by atoms with Crippen LogP contribution in [0.5, 0.6) is 0 Å². The Morgan fingerprint density at radius 1 is 1.69 bits per heavy atom. The Hall–Kier alpha value is -1.83. The predicted octanol–water partition coefficient (Wildman–Crippen LogP) is 0.647. The van der Waals surface area contributed by atoms with Crippen LogP contribution in [0.2, 0.25) is 0 Å². The first-order valence-electron chi connectivity index (χ1n) is 4.33. The van der Waals surface area contributed by atoms with Crippen molar-refractivity contribution in [2.45, 2.75) is 5.22 Å². The van der Waals surface area contributed by atoms with E-state index in [-0.39, 0.29) is 11.0 Å². The molecule has 0 saturated heterocycles. The van der Waals surface area contributed by atoms with E-state index in [1.807, 2.05) is 0 Å². The number of thioether (sulfide) groups is 1. The maximum Gasteiger partial charge on any atom is 0.314 e. The van der Waals surface area contributed by atoms with Gasteiger partial charge in [0.25, 0.3) is 5.22 Å². The zero-order valence-electron chi connectivity index (χ0n) is 8.32. The van der Waals surface area contributed by atoms with E-state index >= 15 is 0 Å². The van der Waals surface area contributed by atoms with Gasteiger partial charge in [0.1, 0.15) is 11.4 Å². The van der Waals surface area contributed by atoms with Gasteiger partial charge in [0.05, 0.1) is 0 Å². The molecule has 0 aromatic carbocycles. The summed E-state index contributed by atoms with van der Waals surface area (Å²) in [4.78, 5) is 14.3. The number of nitrogens with zero attached hydrogens (tertiary/aromatic N) is 4. The summed E-state index contributed by atoms with van der Waals surface area (Å²) in [6, 6.07) is 1.75. The number of hydrogen-bond donors (Lipinski definition) is 1. The van der Waals surface area contributed by atoms with Gasteiger partial charge in [-0.25, -0.2) is 0 Å². The van der Waals surface area contributed by atoms with Crippen molar-refractivity contribution in [3.8, 4) is 11.5 Å². The summed E-state index contributed by atoms with van der Waals surface area (Å²) < 4.78 is 6.49. The number of aliphatic carboxylic acids is 1. The maximum atomic E-state index is 10.3. The number of aromatic nitrogens is 4. The standard InChI is InChI=1S/C8H8N4O3S/c1-12-3-2-5(10-12)7-9-8(15-11-7)16-4-6(13)14/h2-3H,4H2,1H3,(H,13,14). The van der Waals surface area contributed by atoms with Crippen LogP contribution in [-0.4, -0.2) is 36.7 Å². The molecule has 2 rings (SSSR count). The highest BCUT2D eigenvalue weighted by molar-refractivity contribution is 7.99. The third-order valence-electron chi connectivity index (χ3n) is 1.67. The number of hydrogen-bond acceptors (Lipinski definition) is 6. The Morgan fingerprint density at radius 2 is 2.50 bits per heavy atom. The van der Waals surface area contributed by atoms with Crippen molar-refractivity contribution in [2.75, 3.05) is 5.75 Å². The maximum absolute atomic E-state index is 10.3. The number of rotatable bonds is 4. The lowest BCUT2D eigenvalue weighted by molar-refractivity contribution is -0.133. The smallest absolute Gasteiger partial charge is 0.314 e. The van der Waals surface area contributed by atoms with Crippen LogP contribution in [0.25, 0.3) is 11.5 Å². The zero-order valence-corrected chi connectivity index (χ0v) is 9.14. The van der Waals surface area contributed by atoms with Crippen molar-refractivity contribution in [1.82, 2.24) is 19.9 Å². The van der Waals surface area contributed by atoms with Crippen molar-refractivity contribution in [3.63, 3.8) is 0 Å². The van der Waals surface area contributed by atoms with Gasteiger partial charge in [-0.3, -0.25) is 9.48 Å². The minimum absolute atomic E-state index is 0.107. The van der Waals surface area contributed by atoms with Gasteiger partial charge < -0.3 is 9.63 Å². The van der Waals surface area contributed by atoms with Gasteiger partial charge in [-0.2, -0.15) is 10.1 Å². The first-order valence-corrected chi connectivity index (χ1v) is 5.32. The fraction of sp³-hybridized carbons (Fsp3) is 0.250. The van der Waals surface area contributed by atoms with Gasteiger partial charge in [-0.15, -0.1) is 0 Å². The Labute approximate surface area is 94.5 Å². The highest BCUT2D eigenvalue weighted by Crippen LogP contribution is 2.19. The Kier molecular flexibility index (Phi) is 2.91. The molecular formula is C8H8N4O3S. The average Bonchev–Trinajstić information content (AvgIpc) is 2.83. The Balaban J connectivity index is 2.10. The third-order valence-corrected chi connectivity index (χ3v) is 2.47. The van der Waals surface area contributed by atoms with Crippen LogP contribution in [-0.2, 0) is 11.8 Å². The summed E-state index contributed by atoms with van der Waals surface area (Å²) in [6.45, 7) is 0. The van der Waals surface area contributed by atoms with Gasteiger partial charge in [-0.1, -0.05) is 16.9 Å². The van der Waals surface area contributed by atoms with Gasteiger partial charge in [0.2, 0.25) is 5.82 Å². The van der Waals surface area contributed by atoms with Gasteiger partial charge in [0, 0.05) is 13.2 Å². The molecule has 2 aromatic heterocycles. The van der Waals surface area contributed by atoms with Crippen LogP contribution < -0.4 is 0 Å². The normalized spacial score (nSPS) is 10.6. The van der Waals surface area contributed by atoms with E-state index in [4.69, 9.17) is 9.63 Å². The van der Waals surface area contributed by atoms with Gasteiger partial charge >= 0.3 is 5.97 Å². The van der Waals surface area contributed by atoms with Crippen LogP contribution in [0.15, 0.2) is 22.0 Å². The van der Waals surface area contributed by atoms with Crippen LogP contribution in [0.3, 0.4) is 0 Å². The monoisotopic (exact) mass is 240 g/mol. The Morgan fingerprint density at radius 3 is 3.12 bits per heavy atom. The summed E-state index contributed by atoms with van der Waals surface area (Å²) in [5, 5.41) is 16.5. The molecule has 0 amide bonds. The molecule has 0 aliphatic heterocycles. The first kappa shape index (κ1) is 10.7. The number of carboxylic acid groups (broad SMARTS) is 1. The molecule has 0 radical (unpaired) electrons. The lowest BCUT2D eigenvalue weighted by atomic mass is 10.4. The van der Waals surface area contributed by atoms with Crippen molar-refractivity contribution < 1.29 is 14.4 Å². The van der Waals surface area contributed by atoms with Crippen molar-refractivity contribution in [1.29, 1.82) is 0 Å². The largest absolute Gasteiger partial charge is 0.481 e. The molecule has 8 heteroatoms. The fourth-order valence-corrected chi connectivity index (χ4v) is 1.52. The summed E-state index contributed by atoms with van der Waals surface area (Å²) in [5.74, 6) is -0.680. The highest BCUT2D eigenvalue weighted by Gasteiger charge is 2.12. The van der Waals surface area contributed by atoms with E-state index in [0.29, 0.717) is 11.5 Å². The molecule has 0 spiro atoms. The number of carbonyl (C=O) groups is 1. The van der Waals surface area contributed by atoms with E-state index in [9.17, 15) is 4.79 Å². The second kappa shape index (κ2) is 4.35. The summed E-state index contributed by atoms with van der Waals surface area (Å²) in [6.07, 6.45) is 1.76. The van der Waals surface area contributed by atoms with Gasteiger partial charge in [0.15, 0.2) is 0 Å². The number of aryl methyl sites for hydroxylation is 1. The summed E-state index contributed by atoms with van der Waals surface area (Å²) in [5.41, 5.74) is 0.591. The molecule has 2 aromatic rings. The lowest BCUT2D eigenvalue weighted by Gasteiger charge is -1.87. The van der Waals surface area contributed by atoms with E-state index in [2.05, 4.69) is 15.2 Å². The molecule has 0 atom stereocenters. The topological polar surface area (TPSA) is 94.0 Å². The molecular weight excluding hydrogens is 232 g/mol. The first-order chi connectivity index (χ1) is 7.65. The van der Waals surface area contributed by atoms with Crippen LogP contribution >= 0.6 is 11.8 Å². The average molecular weight is 240 g/mol. The molecule has 0 fully saturated rings. The highest BCUT2D eigenvalue weighted by atomic mass is 32.2. The number of carboxylic acids is 1. The quantitative estimate of drug-likeness (QED) is 0.784. The molecule has 0 unspecified atom stereocenters. The SMILES string of the molecule is Cn1ccc(-c2noc(SCC(=O)O)n2)n1. The van der Waals surface area contributed by atoms with Gasteiger partial charge in [-0.05, 0) is 6.07 Å². The molecule has 0 aliphatic rings. The second-order valence-electron chi connectivity index (χ2n) is 2.94. The van der Waals surface area contributed by atoms with Crippen molar-refractivity contribution in [3.05, 3.63) is 12.3 Å². The fourth-order valence-electron chi connectivity index (χ4n) is 1.03. The van der Waals surface area contributed by atoms with Crippen molar-refractivity contribution in [2.24, 2.45) is 7.05 Å². The zero-order chi connectivity index (χ0) is 11.5. The van der Waals surface area contributed by atoms with E-state index in [1.54, 1.807) is 24.0 Å². The molecule has 0 bridgehead atoms. The van der Waals surface area contributed by atoms with Crippen molar-refractivity contribution >= 4 is 17.7 Å². The van der Waals surface area contributed by atoms with Crippen LogP contribution in [0.1, 0.15) is 0 Å². The van der Waals surface area contributed by atoms with Crippen LogP contribution in [0, 0.1) is 0 Å². The summed E-state index contributed by atoms with van der Waals surface area (Å²) in [7, 11) is 1.78. The molecule has 7 nitrogen and oxygen atoms in total.